The van der Waals surface area contributed by atoms with E-state index in [2.05, 4.69) is 4.98 Å². The molecule has 3 aromatic rings. The summed E-state index contributed by atoms with van der Waals surface area (Å²) in [5.41, 5.74) is 0.908. The van der Waals surface area contributed by atoms with Crippen molar-refractivity contribution < 1.29 is 13.9 Å². The van der Waals surface area contributed by atoms with E-state index in [-0.39, 0.29) is 5.89 Å². The third kappa shape index (κ3) is 2.16. The molecule has 0 saturated heterocycles. The minimum Gasteiger partial charge on any atom is -0.459 e. The summed E-state index contributed by atoms with van der Waals surface area (Å²) in [7, 11) is 0. The predicted molar refractivity (Wildman–Crippen MR) is 75.4 cm³/mol. The maximum Gasteiger partial charge on any atom is 0.394 e. The summed E-state index contributed by atoms with van der Waals surface area (Å²) in [5, 5.41) is 2.17. The molecule has 20 heavy (non-hydrogen) atoms. The first-order valence-corrected chi connectivity index (χ1v) is 6.40. The van der Waals surface area contributed by atoms with Crippen molar-refractivity contribution in [3.63, 3.8) is 0 Å². The van der Waals surface area contributed by atoms with Crippen molar-refractivity contribution in [1.29, 1.82) is 0 Å². The fourth-order valence-corrected chi connectivity index (χ4v) is 2.13. The fraction of sp³-hybridized carbons (Fsp3) is 0.125. The van der Waals surface area contributed by atoms with E-state index in [0.29, 0.717) is 12.4 Å². The van der Waals surface area contributed by atoms with Gasteiger partial charge in [-0.15, -0.1) is 0 Å². The Labute approximate surface area is 116 Å². The maximum absolute atomic E-state index is 11.6. The molecule has 0 atom stereocenters. The SMILES string of the molecule is CCOC(=O)c1ncc(-c2cccc3ccccc23)o1. The number of hydrogen-bond donors (Lipinski definition) is 0. The summed E-state index contributed by atoms with van der Waals surface area (Å²) in [6.45, 7) is 2.04. The van der Waals surface area contributed by atoms with Crippen molar-refractivity contribution in [2.75, 3.05) is 6.61 Å². The molecular weight excluding hydrogens is 254 g/mol. The van der Waals surface area contributed by atoms with E-state index in [1.165, 1.54) is 0 Å². The van der Waals surface area contributed by atoms with Crippen molar-refractivity contribution in [3.05, 3.63) is 54.6 Å². The van der Waals surface area contributed by atoms with Gasteiger partial charge in [0, 0.05) is 5.56 Å². The largest absolute Gasteiger partial charge is 0.459 e. The molecule has 0 aliphatic heterocycles. The number of aromatic nitrogens is 1. The molecule has 0 aliphatic rings. The summed E-state index contributed by atoms with van der Waals surface area (Å²) in [4.78, 5) is 15.6. The van der Waals surface area contributed by atoms with Gasteiger partial charge in [0.15, 0.2) is 5.76 Å². The Morgan fingerprint density at radius 1 is 1.20 bits per heavy atom. The lowest BCUT2D eigenvalue weighted by atomic mass is 10.0. The predicted octanol–water partition coefficient (Wildman–Crippen LogP) is 3.67. The topological polar surface area (TPSA) is 52.3 Å². The molecule has 3 rings (SSSR count). The molecule has 0 N–H and O–H groups in total. The number of carbonyl (C=O) groups is 1. The van der Waals surface area contributed by atoms with Gasteiger partial charge in [0.2, 0.25) is 0 Å². The van der Waals surface area contributed by atoms with Gasteiger partial charge in [0.05, 0.1) is 12.8 Å². The van der Waals surface area contributed by atoms with Crippen LogP contribution in [0, 0.1) is 0 Å². The van der Waals surface area contributed by atoms with E-state index in [4.69, 9.17) is 9.15 Å². The molecule has 0 aliphatic carbocycles. The van der Waals surface area contributed by atoms with Crippen molar-refractivity contribution in [1.82, 2.24) is 4.98 Å². The number of nitrogens with zero attached hydrogens (tertiary/aromatic N) is 1. The first-order valence-electron chi connectivity index (χ1n) is 6.40. The third-order valence-corrected chi connectivity index (χ3v) is 3.01. The van der Waals surface area contributed by atoms with Gasteiger partial charge in [-0.05, 0) is 17.7 Å². The Morgan fingerprint density at radius 2 is 2.00 bits per heavy atom. The molecule has 0 saturated carbocycles. The lowest BCUT2D eigenvalue weighted by Gasteiger charge is -2.02. The molecule has 0 unspecified atom stereocenters. The van der Waals surface area contributed by atoms with E-state index >= 15 is 0 Å². The minimum absolute atomic E-state index is 0.0187. The molecule has 0 spiro atoms. The Kier molecular flexibility index (Phi) is 3.21. The summed E-state index contributed by atoms with van der Waals surface area (Å²) in [6, 6.07) is 13.9. The molecule has 0 fully saturated rings. The zero-order valence-electron chi connectivity index (χ0n) is 11.0. The second-order valence-corrected chi connectivity index (χ2v) is 4.28. The Bertz CT molecular complexity index is 756. The lowest BCUT2D eigenvalue weighted by Crippen LogP contribution is -2.04. The monoisotopic (exact) mass is 267 g/mol. The van der Waals surface area contributed by atoms with Crippen molar-refractivity contribution in [2.45, 2.75) is 6.92 Å². The van der Waals surface area contributed by atoms with Gasteiger partial charge in [-0.1, -0.05) is 42.5 Å². The summed E-state index contributed by atoms with van der Waals surface area (Å²) in [6.07, 6.45) is 1.55. The van der Waals surface area contributed by atoms with Crippen molar-refractivity contribution in [3.8, 4) is 11.3 Å². The van der Waals surface area contributed by atoms with E-state index < -0.39 is 5.97 Å². The molecule has 100 valence electrons. The van der Waals surface area contributed by atoms with Gasteiger partial charge >= 0.3 is 11.9 Å². The fourth-order valence-electron chi connectivity index (χ4n) is 2.13. The van der Waals surface area contributed by atoms with Crippen LogP contribution in [0.4, 0.5) is 0 Å². The summed E-state index contributed by atoms with van der Waals surface area (Å²) in [5.74, 6) is -0.00127. The van der Waals surface area contributed by atoms with E-state index in [1.54, 1.807) is 13.1 Å². The molecule has 0 amide bonds. The van der Waals surface area contributed by atoms with Crippen LogP contribution in [0.1, 0.15) is 17.6 Å². The maximum atomic E-state index is 11.6. The molecule has 0 bridgehead atoms. The Hall–Kier alpha value is -2.62. The van der Waals surface area contributed by atoms with Gasteiger partial charge < -0.3 is 9.15 Å². The Balaban J connectivity index is 2.06. The van der Waals surface area contributed by atoms with Crippen LogP contribution in [-0.4, -0.2) is 17.6 Å². The molecule has 1 aromatic heterocycles. The van der Waals surface area contributed by atoms with Crippen LogP contribution in [0.3, 0.4) is 0 Å². The number of fused-ring (bicyclic) bond motifs is 1. The minimum atomic E-state index is -0.543. The lowest BCUT2D eigenvalue weighted by molar-refractivity contribution is 0.0482. The van der Waals surface area contributed by atoms with Gasteiger partial charge in [-0.25, -0.2) is 9.78 Å². The highest BCUT2D eigenvalue weighted by atomic mass is 16.5. The first kappa shape index (κ1) is 12.4. The zero-order valence-corrected chi connectivity index (χ0v) is 11.0. The molecular formula is C16H13NO3. The van der Waals surface area contributed by atoms with Crippen molar-refractivity contribution >= 4 is 16.7 Å². The quantitative estimate of drug-likeness (QED) is 0.679. The number of ether oxygens (including phenoxy) is 1. The highest BCUT2D eigenvalue weighted by molar-refractivity contribution is 5.95. The summed E-state index contributed by atoms with van der Waals surface area (Å²) < 4.78 is 10.4. The third-order valence-electron chi connectivity index (χ3n) is 3.01. The molecule has 4 nitrogen and oxygen atoms in total. The normalized spacial score (nSPS) is 10.7. The number of esters is 1. The van der Waals surface area contributed by atoms with Crippen LogP contribution < -0.4 is 0 Å². The summed E-state index contributed by atoms with van der Waals surface area (Å²) >= 11 is 0. The zero-order chi connectivity index (χ0) is 13.9. The Morgan fingerprint density at radius 3 is 2.85 bits per heavy atom. The van der Waals surface area contributed by atoms with Crippen LogP contribution in [0.15, 0.2) is 53.1 Å². The van der Waals surface area contributed by atoms with Crippen LogP contribution in [0.5, 0.6) is 0 Å². The van der Waals surface area contributed by atoms with Crippen LogP contribution in [0.25, 0.3) is 22.1 Å². The second-order valence-electron chi connectivity index (χ2n) is 4.28. The highest BCUT2D eigenvalue weighted by Gasteiger charge is 2.16. The van der Waals surface area contributed by atoms with E-state index in [0.717, 1.165) is 16.3 Å². The number of rotatable bonds is 3. The first-order chi connectivity index (χ1) is 9.79. The van der Waals surface area contributed by atoms with Gasteiger partial charge in [-0.2, -0.15) is 0 Å². The van der Waals surface area contributed by atoms with Gasteiger partial charge in [0.1, 0.15) is 0 Å². The van der Waals surface area contributed by atoms with E-state index in [1.807, 2.05) is 42.5 Å². The number of carbonyl (C=O) groups excluding carboxylic acids is 1. The number of benzene rings is 2. The second kappa shape index (κ2) is 5.17. The molecule has 4 heteroatoms. The molecule has 1 heterocycles. The number of oxazole rings is 1. The van der Waals surface area contributed by atoms with Crippen molar-refractivity contribution in [2.24, 2.45) is 0 Å². The molecule has 2 aromatic carbocycles. The van der Waals surface area contributed by atoms with Crippen LogP contribution in [0.2, 0.25) is 0 Å². The highest BCUT2D eigenvalue weighted by Crippen LogP contribution is 2.29. The van der Waals surface area contributed by atoms with Crippen LogP contribution in [-0.2, 0) is 4.74 Å². The molecule has 0 radical (unpaired) electrons. The van der Waals surface area contributed by atoms with Crippen LogP contribution >= 0.6 is 0 Å². The average molecular weight is 267 g/mol. The number of hydrogen-bond acceptors (Lipinski definition) is 4. The standard InChI is InChI=1S/C16H13NO3/c1-2-19-16(18)15-17-10-14(20-15)13-9-5-7-11-6-3-4-8-12(11)13/h3-10H,2H2,1H3. The van der Waals surface area contributed by atoms with Gasteiger partial charge in [-0.3, -0.25) is 0 Å². The van der Waals surface area contributed by atoms with E-state index in [9.17, 15) is 4.79 Å². The van der Waals surface area contributed by atoms with Gasteiger partial charge in [0.25, 0.3) is 0 Å². The average Bonchev–Trinajstić information content (AvgIpc) is 2.97. The smallest absolute Gasteiger partial charge is 0.394 e.